The summed E-state index contributed by atoms with van der Waals surface area (Å²) in [5.74, 6) is 0.460. The molecule has 0 fully saturated rings. The van der Waals surface area contributed by atoms with Crippen LogP contribution >= 0.6 is 0 Å². The highest BCUT2D eigenvalue weighted by molar-refractivity contribution is 5.90. The first kappa shape index (κ1) is 17.6. The van der Waals surface area contributed by atoms with Crippen molar-refractivity contribution >= 4 is 17.4 Å². The molecule has 0 radical (unpaired) electrons. The zero-order chi connectivity index (χ0) is 16.8. The van der Waals surface area contributed by atoms with Crippen LogP contribution in [0.5, 0.6) is 0 Å². The first-order chi connectivity index (χ1) is 10.3. The lowest BCUT2D eigenvalue weighted by Crippen LogP contribution is -2.27. The third kappa shape index (κ3) is 5.14. The highest BCUT2D eigenvalue weighted by atomic mass is 16.6. The van der Waals surface area contributed by atoms with Gasteiger partial charge in [-0.3, -0.25) is 5.32 Å². The molecule has 0 bridgehead atoms. The van der Waals surface area contributed by atoms with Crippen LogP contribution in [-0.4, -0.2) is 21.7 Å². The lowest BCUT2D eigenvalue weighted by Gasteiger charge is -2.20. The van der Waals surface area contributed by atoms with Gasteiger partial charge in [0.25, 0.3) is 0 Å². The Balaban J connectivity index is 3.18. The SMILES string of the molecule is C=C/C=C(\C=C)c1nc(CN)ncc1NC(=O)OC(C)(C)C. The molecule has 0 aliphatic carbocycles. The molecule has 22 heavy (non-hydrogen) atoms. The Kier molecular flexibility index (Phi) is 6.00. The minimum absolute atomic E-state index is 0.193. The van der Waals surface area contributed by atoms with Crippen molar-refractivity contribution in [1.29, 1.82) is 0 Å². The van der Waals surface area contributed by atoms with Crippen LogP contribution in [0.3, 0.4) is 0 Å². The van der Waals surface area contributed by atoms with Gasteiger partial charge in [-0.2, -0.15) is 0 Å². The van der Waals surface area contributed by atoms with E-state index in [0.717, 1.165) is 0 Å². The van der Waals surface area contributed by atoms with Crippen LogP contribution in [0.25, 0.3) is 5.57 Å². The second-order valence-electron chi connectivity index (χ2n) is 5.44. The summed E-state index contributed by atoms with van der Waals surface area (Å²) < 4.78 is 5.23. The number of carbonyl (C=O) groups excluding carboxylic acids is 1. The minimum Gasteiger partial charge on any atom is -0.444 e. The average Bonchev–Trinajstić information content (AvgIpc) is 2.43. The largest absolute Gasteiger partial charge is 0.444 e. The van der Waals surface area contributed by atoms with E-state index in [1.165, 1.54) is 6.20 Å². The van der Waals surface area contributed by atoms with Crippen LogP contribution in [0, 0.1) is 0 Å². The number of allylic oxidation sites excluding steroid dienone is 4. The molecule has 1 aromatic heterocycles. The summed E-state index contributed by atoms with van der Waals surface area (Å²) in [5.41, 5.74) is 6.59. The third-order valence-corrected chi connectivity index (χ3v) is 2.45. The summed E-state index contributed by atoms with van der Waals surface area (Å²) in [6.07, 6.45) is 5.87. The van der Waals surface area contributed by atoms with Gasteiger partial charge in [0.1, 0.15) is 11.4 Å². The molecule has 0 aliphatic heterocycles. The molecular formula is C16H22N4O2. The van der Waals surface area contributed by atoms with E-state index in [9.17, 15) is 4.79 Å². The van der Waals surface area contributed by atoms with Crippen LogP contribution in [0.4, 0.5) is 10.5 Å². The lowest BCUT2D eigenvalue weighted by molar-refractivity contribution is 0.0635. The number of nitrogens with two attached hydrogens (primary N) is 1. The van der Waals surface area contributed by atoms with E-state index in [0.29, 0.717) is 22.8 Å². The number of ether oxygens (including phenoxy) is 1. The van der Waals surface area contributed by atoms with Gasteiger partial charge >= 0.3 is 6.09 Å². The predicted octanol–water partition coefficient (Wildman–Crippen LogP) is 3.04. The topological polar surface area (TPSA) is 90.1 Å². The second-order valence-corrected chi connectivity index (χ2v) is 5.44. The van der Waals surface area contributed by atoms with Crippen molar-refractivity contribution in [1.82, 2.24) is 9.97 Å². The van der Waals surface area contributed by atoms with Crippen LogP contribution in [0.2, 0.25) is 0 Å². The molecule has 0 atom stereocenters. The standard InChI is InChI=1S/C16H22N4O2/c1-6-8-11(7-2)14-12(10-18-13(9-17)20-14)19-15(21)22-16(3,4)5/h6-8,10H,1-2,9,17H2,3-5H3,(H,19,21)/b11-8+. The maximum Gasteiger partial charge on any atom is 0.412 e. The van der Waals surface area contributed by atoms with Gasteiger partial charge in [0.05, 0.1) is 24.1 Å². The maximum atomic E-state index is 11.9. The molecule has 118 valence electrons. The van der Waals surface area contributed by atoms with Crippen molar-refractivity contribution in [3.8, 4) is 0 Å². The Morgan fingerprint density at radius 3 is 2.64 bits per heavy atom. The van der Waals surface area contributed by atoms with Crippen molar-refractivity contribution < 1.29 is 9.53 Å². The Morgan fingerprint density at radius 2 is 2.14 bits per heavy atom. The Bertz CT molecular complexity index is 601. The summed E-state index contributed by atoms with van der Waals surface area (Å²) >= 11 is 0. The second kappa shape index (κ2) is 7.51. The zero-order valence-electron chi connectivity index (χ0n) is 13.2. The zero-order valence-corrected chi connectivity index (χ0v) is 13.2. The van der Waals surface area contributed by atoms with E-state index in [1.807, 2.05) is 0 Å². The van der Waals surface area contributed by atoms with Gasteiger partial charge in [-0.05, 0) is 20.8 Å². The van der Waals surface area contributed by atoms with E-state index in [1.54, 1.807) is 39.0 Å². The molecule has 0 saturated carbocycles. The quantitative estimate of drug-likeness (QED) is 0.816. The Morgan fingerprint density at radius 1 is 1.45 bits per heavy atom. The molecule has 0 aliphatic rings. The Hall–Kier alpha value is -2.47. The number of amides is 1. The number of rotatable bonds is 5. The van der Waals surface area contributed by atoms with Gasteiger partial charge in [0, 0.05) is 5.57 Å². The van der Waals surface area contributed by atoms with E-state index in [4.69, 9.17) is 10.5 Å². The lowest BCUT2D eigenvalue weighted by atomic mass is 10.1. The van der Waals surface area contributed by atoms with Gasteiger partial charge in [0.2, 0.25) is 0 Å². The first-order valence-electron chi connectivity index (χ1n) is 6.82. The number of hydrogen-bond donors (Lipinski definition) is 2. The van der Waals surface area contributed by atoms with Crippen molar-refractivity contribution in [3.63, 3.8) is 0 Å². The summed E-state index contributed by atoms with van der Waals surface area (Å²) in [5, 5.41) is 2.64. The summed E-state index contributed by atoms with van der Waals surface area (Å²) in [6, 6.07) is 0. The highest BCUT2D eigenvalue weighted by Crippen LogP contribution is 2.23. The molecule has 0 saturated heterocycles. The number of anilines is 1. The Labute approximate surface area is 130 Å². The van der Waals surface area contributed by atoms with Crippen LogP contribution in [0.15, 0.2) is 37.6 Å². The van der Waals surface area contributed by atoms with E-state index in [-0.39, 0.29) is 6.54 Å². The maximum absolute atomic E-state index is 11.9. The van der Waals surface area contributed by atoms with E-state index < -0.39 is 11.7 Å². The van der Waals surface area contributed by atoms with Crippen molar-refractivity contribution in [3.05, 3.63) is 49.1 Å². The predicted molar refractivity (Wildman–Crippen MR) is 88.2 cm³/mol. The molecule has 1 aromatic rings. The smallest absolute Gasteiger partial charge is 0.412 e. The van der Waals surface area contributed by atoms with Crippen molar-refractivity contribution in [2.75, 3.05) is 5.32 Å². The van der Waals surface area contributed by atoms with Gasteiger partial charge in [-0.25, -0.2) is 14.8 Å². The molecule has 6 heteroatoms. The molecule has 1 amide bonds. The molecule has 1 heterocycles. The number of carbonyl (C=O) groups is 1. The molecule has 3 N–H and O–H groups in total. The fourth-order valence-electron chi connectivity index (χ4n) is 1.61. The minimum atomic E-state index is -0.597. The van der Waals surface area contributed by atoms with Gasteiger partial charge in [0.15, 0.2) is 0 Å². The molecule has 0 spiro atoms. The molecule has 1 rings (SSSR count). The first-order valence-corrected chi connectivity index (χ1v) is 6.82. The number of hydrogen-bond acceptors (Lipinski definition) is 5. The van der Waals surface area contributed by atoms with E-state index in [2.05, 4.69) is 28.4 Å². The van der Waals surface area contributed by atoms with Gasteiger partial charge in [-0.15, -0.1) is 0 Å². The van der Waals surface area contributed by atoms with Gasteiger partial charge in [-0.1, -0.05) is 31.4 Å². The monoisotopic (exact) mass is 302 g/mol. The number of aromatic nitrogens is 2. The summed E-state index contributed by atoms with van der Waals surface area (Å²) in [4.78, 5) is 20.4. The van der Waals surface area contributed by atoms with Crippen LogP contribution in [0.1, 0.15) is 32.3 Å². The number of nitrogens with one attached hydrogen (secondary N) is 1. The molecule has 0 unspecified atom stereocenters. The summed E-state index contributed by atoms with van der Waals surface area (Å²) in [6.45, 7) is 12.9. The fourth-order valence-corrected chi connectivity index (χ4v) is 1.61. The molecular weight excluding hydrogens is 280 g/mol. The number of nitrogens with zero attached hydrogens (tertiary/aromatic N) is 2. The van der Waals surface area contributed by atoms with E-state index >= 15 is 0 Å². The average molecular weight is 302 g/mol. The van der Waals surface area contributed by atoms with Crippen LogP contribution in [-0.2, 0) is 11.3 Å². The normalized spacial score (nSPS) is 11.7. The van der Waals surface area contributed by atoms with Crippen molar-refractivity contribution in [2.24, 2.45) is 5.73 Å². The van der Waals surface area contributed by atoms with Gasteiger partial charge < -0.3 is 10.5 Å². The highest BCUT2D eigenvalue weighted by Gasteiger charge is 2.18. The fraction of sp³-hybridized carbons (Fsp3) is 0.312. The molecule has 6 nitrogen and oxygen atoms in total. The summed E-state index contributed by atoms with van der Waals surface area (Å²) in [7, 11) is 0. The van der Waals surface area contributed by atoms with Crippen LogP contribution < -0.4 is 11.1 Å². The third-order valence-electron chi connectivity index (χ3n) is 2.45. The molecule has 0 aromatic carbocycles. The van der Waals surface area contributed by atoms with Crippen molar-refractivity contribution in [2.45, 2.75) is 32.9 Å².